The molecule has 0 rings (SSSR count). The maximum atomic E-state index is 13.5. The molecule has 41 heavy (non-hydrogen) atoms. The summed E-state index contributed by atoms with van der Waals surface area (Å²) in [6, 6.07) is 0. The van der Waals surface area contributed by atoms with Crippen molar-refractivity contribution in [1.29, 1.82) is 0 Å². The summed E-state index contributed by atoms with van der Waals surface area (Å²) in [4.78, 5) is 0. The molecule has 0 aromatic heterocycles. The highest BCUT2D eigenvalue weighted by atomic mass is 31.2. The van der Waals surface area contributed by atoms with Crippen LogP contribution in [0.25, 0.3) is 0 Å². The first kappa shape index (κ1) is 43.5. The van der Waals surface area contributed by atoms with Crippen LogP contribution < -0.4 is 0 Å². The first-order chi connectivity index (χ1) is 19.9. The fraction of sp³-hybridized carbons (Fsp3) is 1.00. The monoisotopic (exact) mass is 625 g/mol. The van der Waals surface area contributed by atoms with E-state index >= 15 is 0 Å². The summed E-state index contributed by atoms with van der Waals surface area (Å²) in [5.74, 6) is 0. The molecule has 0 heterocycles. The smallest absolute Gasteiger partial charge is 0.324 e. The first-order valence-electron chi connectivity index (χ1n) is 18.0. The molecular formula is C34H74O5P2. The molecule has 0 aliphatic carbocycles. The average Bonchev–Trinajstić information content (AvgIpc) is 2.95. The van der Waals surface area contributed by atoms with Crippen LogP contribution in [0.3, 0.4) is 0 Å². The minimum absolute atomic E-state index is 0.340. The molecule has 0 atom stereocenters. The summed E-state index contributed by atoms with van der Waals surface area (Å²) in [6.07, 6.45) is 31.2. The summed E-state index contributed by atoms with van der Waals surface area (Å²) in [7, 11) is -5.15. The van der Waals surface area contributed by atoms with Gasteiger partial charge < -0.3 is 4.57 Å². The molecule has 250 valence electrons. The van der Waals surface area contributed by atoms with Gasteiger partial charge in [-0.05, 0) is 39.5 Å². The zero-order chi connectivity index (χ0) is 30.9. The quantitative estimate of drug-likeness (QED) is 0.0567. The Labute approximate surface area is 258 Å². The lowest BCUT2D eigenvalue weighted by molar-refractivity contribution is 0.120. The van der Waals surface area contributed by atoms with Crippen molar-refractivity contribution < 1.29 is 22.7 Å². The number of phosphoric ester groups is 1. The second kappa shape index (κ2) is 33.2. The lowest BCUT2D eigenvalue weighted by Crippen LogP contribution is -2.02. The summed E-state index contributed by atoms with van der Waals surface area (Å²) in [5, 5.41) is 0. The summed E-state index contributed by atoms with van der Waals surface area (Å²) >= 11 is 0. The molecule has 0 bridgehead atoms. The molecule has 0 aliphatic heterocycles. The minimum atomic E-state index is -3.27. The van der Waals surface area contributed by atoms with Crippen molar-refractivity contribution in [3.63, 3.8) is 0 Å². The maximum Gasteiger partial charge on any atom is 0.474 e. The Morgan fingerprint density at radius 1 is 0.366 bits per heavy atom. The Bertz CT molecular complexity index is 542. The molecule has 0 aromatic rings. The van der Waals surface area contributed by atoms with Crippen LogP contribution in [0.4, 0.5) is 0 Å². The van der Waals surface area contributed by atoms with Crippen molar-refractivity contribution in [3.8, 4) is 0 Å². The van der Waals surface area contributed by atoms with Crippen LogP contribution >= 0.6 is 15.0 Å². The van der Waals surface area contributed by atoms with Crippen molar-refractivity contribution in [2.24, 2.45) is 0 Å². The lowest BCUT2D eigenvalue weighted by atomic mass is 10.1. The highest BCUT2D eigenvalue weighted by Gasteiger charge is 2.24. The van der Waals surface area contributed by atoms with Gasteiger partial charge >= 0.3 is 7.82 Å². The van der Waals surface area contributed by atoms with Gasteiger partial charge in [-0.1, -0.05) is 143 Å². The fourth-order valence-electron chi connectivity index (χ4n) is 5.01. The second-order valence-corrected chi connectivity index (χ2v) is 16.8. The van der Waals surface area contributed by atoms with E-state index in [9.17, 15) is 9.13 Å². The normalized spacial score (nSPS) is 12.0. The summed E-state index contributed by atoms with van der Waals surface area (Å²) < 4.78 is 40.4. The fourth-order valence-corrected chi connectivity index (χ4v) is 9.29. The van der Waals surface area contributed by atoms with E-state index < -0.39 is 15.0 Å². The van der Waals surface area contributed by atoms with Crippen molar-refractivity contribution in [3.05, 3.63) is 0 Å². The number of phosphoric acid groups is 1. The van der Waals surface area contributed by atoms with Crippen LogP contribution in [0.5, 0.6) is 0 Å². The Balaban J connectivity index is 0. The topological polar surface area (TPSA) is 61.8 Å². The number of hydrogen-bond donors (Lipinski definition) is 0. The Morgan fingerprint density at radius 3 is 0.976 bits per heavy atom. The van der Waals surface area contributed by atoms with E-state index in [1.165, 1.54) is 128 Å². The molecule has 0 aliphatic rings. The Kier molecular flexibility index (Phi) is 35.2. The van der Waals surface area contributed by atoms with Crippen LogP contribution in [0.2, 0.25) is 0 Å². The molecule has 0 unspecified atom stereocenters. The zero-order valence-corrected chi connectivity index (χ0v) is 30.5. The van der Waals surface area contributed by atoms with Gasteiger partial charge in [0.2, 0.25) is 0 Å². The van der Waals surface area contributed by atoms with Gasteiger partial charge in [-0.3, -0.25) is 13.6 Å². The van der Waals surface area contributed by atoms with Crippen molar-refractivity contribution >= 4 is 15.0 Å². The van der Waals surface area contributed by atoms with Crippen LogP contribution in [0.1, 0.15) is 183 Å². The van der Waals surface area contributed by atoms with Crippen molar-refractivity contribution in [1.82, 2.24) is 0 Å². The third kappa shape index (κ3) is 31.6. The Hall–Kier alpha value is 0.340. The van der Waals surface area contributed by atoms with E-state index in [1.54, 1.807) is 13.8 Å². The van der Waals surface area contributed by atoms with Gasteiger partial charge in [-0.25, -0.2) is 4.57 Å². The predicted molar refractivity (Wildman–Crippen MR) is 183 cm³/mol. The highest BCUT2D eigenvalue weighted by Crippen LogP contribution is 2.49. The standard InChI is InChI=1S/C24H51OP.C10H23O4P/c1-4-7-10-13-16-19-22-26(25,23-20-17-14-11-8-5-2)24-21-18-15-12-9-6-3;1-4-7-8-9-10-14-15(11,12-5-2)13-6-3/h4-24H2,1-3H3;4-10H2,1-3H3. The average molecular weight is 625 g/mol. The molecule has 0 radical (unpaired) electrons. The van der Waals surface area contributed by atoms with Crippen LogP contribution in [-0.2, 0) is 22.7 Å². The van der Waals surface area contributed by atoms with Crippen molar-refractivity contribution in [2.75, 3.05) is 38.3 Å². The molecule has 0 spiro atoms. The first-order valence-corrected chi connectivity index (χ1v) is 21.7. The lowest BCUT2D eigenvalue weighted by Gasteiger charge is -2.18. The van der Waals surface area contributed by atoms with E-state index in [2.05, 4.69) is 27.7 Å². The molecular weight excluding hydrogens is 550 g/mol. The minimum Gasteiger partial charge on any atom is -0.324 e. The van der Waals surface area contributed by atoms with Crippen LogP contribution in [0, 0.1) is 0 Å². The van der Waals surface area contributed by atoms with E-state index in [-0.39, 0.29) is 0 Å². The molecule has 0 saturated carbocycles. The van der Waals surface area contributed by atoms with E-state index in [4.69, 9.17) is 13.6 Å². The second-order valence-electron chi connectivity index (χ2n) is 11.7. The third-order valence-electron chi connectivity index (χ3n) is 7.58. The van der Waals surface area contributed by atoms with Gasteiger partial charge in [0.25, 0.3) is 0 Å². The van der Waals surface area contributed by atoms with Gasteiger partial charge in [0.05, 0.1) is 27.0 Å². The molecule has 0 saturated heterocycles. The Morgan fingerprint density at radius 2 is 0.659 bits per heavy atom. The summed E-state index contributed by atoms with van der Waals surface area (Å²) in [6.45, 7) is 13.6. The highest BCUT2D eigenvalue weighted by molar-refractivity contribution is 7.63. The SMILES string of the molecule is CCCCCCCCP(=O)(CCCCCCCC)CCCCCCCC.CCCCCCOP(=O)(OCC)OCC. The molecule has 0 aromatic carbocycles. The van der Waals surface area contributed by atoms with Crippen molar-refractivity contribution in [2.45, 2.75) is 183 Å². The van der Waals surface area contributed by atoms with E-state index in [0.29, 0.717) is 19.8 Å². The maximum absolute atomic E-state index is 13.5. The number of rotatable bonds is 31. The number of hydrogen-bond acceptors (Lipinski definition) is 5. The van der Waals surface area contributed by atoms with Gasteiger partial charge in [0.1, 0.15) is 0 Å². The zero-order valence-electron chi connectivity index (χ0n) is 28.7. The molecule has 0 amide bonds. The largest absolute Gasteiger partial charge is 0.474 e. The van der Waals surface area contributed by atoms with Crippen LogP contribution in [-0.4, -0.2) is 38.3 Å². The molecule has 0 fully saturated rings. The van der Waals surface area contributed by atoms with Gasteiger partial charge in [-0.15, -0.1) is 0 Å². The van der Waals surface area contributed by atoms with Crippen LogP contribution in [0.15, 0.2) is 0 Å². The van der Waals surface area contributed by atoms with Gasteiger partial charge in [0, 0.05) is 18.5 Å². The molecule has 5 nitrogen and oxygen atoms in total. The third-order valence-corrected chi connectivity index (χ3v) is 12.6. The van der Waals surface area contributed by atoms with E-state index in [0.717, 1.165) is 31.3 Å². The van der Waals surface area contributed by atoms with Gasteiger partial charge in [0.15, 0.2) is 0 Å². The number of unbranched alkanes of at least 4 members (excludes halogenated alkanes) is 18. The summed E-state index contributed by atoms with van der Waals surface area (Å²) in [5.41, 5.74) is 0. The predicted octanol–water partition coefficient (Wildman–Crippen LogP) is 13.2. The van der Waals surface area contributed by atoms with Gasteiger partial charge in [-0.2, -0.15) is 0 Å². The van der Waals surface area contributed by atoms with E-state index in [1.807, 2.05) is 0 Å². The molecule has 0 N–H and O–H groups in total. The molecule has 7 heteroatoms.